The Labute approximate surface area is 188 Å². The van der Waals surface area contributed by atoms with Crippen LogP contribution in [0.25, 0.3) is 10.9 Å². The van der Waals surface area contributed by atoms with Gasteiger partial charge in [0, 0.05) is 23.5 Å². The molecular weight excluding hydrogens is 400 g/mol. The molecule has 1 N–H and O–H groups in total. The summed E-state index contributed by atoms with van der Waals surface area (Å²) in [6, 6.07) is 16.5. The lowest BCUT2D eigenvalue weighted by atomic mass is 9.73. The van der Waals surface area contributed by atoms with Crippen molar-refractivity contribution in [2.24, 2.45) is 11.8 Å². The molecule has 5 heteroatoms. The van der Waals surface area contributed by atoms with Gasteiger partial charge in [-0.2, -0.15) is 0 Å². The summed E-state index contributed by atoms with van der Waals surface area (Å²) in [5.41, 5.74) is 2.35. The number of carbonyl (C=O) groups excluding carboxylic acids is 1. The molecule has 0 amide bonds. The highest BCUT2D eigenvalue weighted by Crippen LogP contribution is 2.42. The van der Waals surface area contributed by atoms with Gasteiger partial charge in [-0.05, 0) is 61.1 Å². The number of aromatic nitrogens is 1. The molecule has 5 nitrogen and oxygen atoms in total. The first kappa shape index (κ1) is 20.9. The average Bonchev–Trinajstić information content (AvgIpc) is 2.87. The first-order valence-electron chi connectivity index (χ1n) is 11.2. The van der Waals surface area contributed by atoms with Crippen LogP contribution in [0.4, 0.5) is 0 Å². The third kappa shape index (κ3) is 3.61. The predicted octanol–water partition coefficient (Wildman–Crippen LogP) is 4.40. The van der Waals surface area contributed by atoms with Crippen LogP contribution in [0.5, 0.6) is 5.75 Å². The fraction of sp³-hybridized carbons (Fsp3) is 0.333. The van der Waals surface area contributed by atoms with E-state index in [1.54, 1.807) is 25.3 Å². The van der Waals surface area contributed by atoms with Crippen LogP contribution < -0.4 is 4.74 Å². The van der Waals surface area contributed by atoms with Crippen molar-refractivity contribution < 1.29 is 14.6 Å². The number of aliphatic hydroxyl groups excluding tert-OH is 1. The highest BCUT2D eigenvalue weighted by molar-refractivity contribution is 6.09. The van der Waals surface area contributed by atoms with E-state index in [4.69, 9.17) is 4.74 Å². The molecule has 2 unspecified atom stereocenters. The van der Waals surface area contributed by atoms with Crippen LogP contribution in [-0.4, -0.2) is 47.0 Å². The summed E-state index contributed by atoms with van der Waals surface area (Å²) < 4.78 is 5.43. The predicted molar refractivity (Wildman–Crippen MR) is 125 cm³/mol. The minimum atomic E-state index is -0.719. The zero-order chi connectivity index (χ0) is 22.2. The van der Waals surface area contributed by atoms with Gasteiger partial charge in [0.15, 0.2) is 0 Å². The van der Waals surface area contributed by atoms with Crippen molar-refractivity contribution in [1.82, 2.24) is 9.88 Å². The minimum Gasteiger partial charge on any atom is -0.497 e. The molecule has 164 valence electrons. The van der Waals surface area contributed by atoms with Gasteiger partial charge >= 0.3 is 0 Å². The van der Waals surface area contributed by atoms with Crippen LogP contribution in [0.2, 0.25) is 0 Å². The maximum Gasteiger partial charge on any atom is 0.211 e. The Balaban J connectivity index is 1.58. The summed E-state index contributed by atoms with van der Waals surface area (Å²) in [6.07, 6.45) is 3.40. The maximum atomic E-state index is 13.2. The monoisotopic (exact) mass is 428 g/mol. The number of ketones is 1. The lowest BCUT2D eigenvalue weighted by Crippen LogP contribution is -2.54. The van der Waals surface area contributed by atoms with E-state index in [1.807, 2.05) is 36.4 Å². The Morgan fingerprint density at radius 2 is 2.06 bits per heavy atom. The topological polar surface area (TPSA) is 62.7 Å². The molecule has 6 rings (SSSR count). The molecule has 3 aliphatic heterocycles. The molecule has 2 aromatic carbocycles. The second-order valence-electron chi connectivity index (χ2n) is 8.87. The molecule has 0 aliphatic carbocycles. The van der Waals surface area contributed by atoms with E-state index in [9.17, 15) is 9.90 Å². The minimum absolute atomic E-state index is 0.0152. The van der Waals surface area contributed by atoms with Gasteiger partial charge in [0.2, 0.25) is 5.78 Å². The molecule has 0 saturated carbocycles. The van der Waals surface area contributed by atoms with Gasteiger partial charge < -0.3 is 9.84 Å². The van der Waals surface area contributed by atoms with Crippen LogP contribution in [0.3, 0.4) is 0 Å². The largest absolute Gasteiger partial charge is 0.497 e. The lowest BCUT2D eigenvalue weighted by Gasteiger charge is -2.50. The number of hydrogen-bond donors (Lipinski definition) is 1. The summed E-state index contributed by atoms with van der Waals surface area (Å²) in [6.45, 7) is 5.92. The summed E-state index contributed by atoms with van der Waals surface area (Å²) >= 11 is 0. The number of nitrogens with zero attached hydrogens (tertiary/aromatic N) is 2. The van der Waals surface area contributed by atoms with Gasteiger partial charge in [-0.25, -0.2) is 4.98 Å². The molecule has 4 heterocycles. The van der Waals surface area contributed by atoms with Gasteiger partial charge in [0.05, 0.1) is 18.7 Å². The third-order valence-corrected chi connectivity index (χ3v) is 7.15. The van der Waals surface area contributed by atoms with Crippen LogP contribution in [0.1, 0.15) is 40.6 Å². The first-order chi connectivity index (χ1) is 15.6. The normalized spacial score (nSPS) is 25.4. The number of hydrogen-bond acceptors (Lipinski definition) is 5. The fourth-order valence-electron chi connectivity index (χ4n) is 5.37. The molecule has 32 heavy (non-hydrogen) atoms. The Morgan fingerprint density at radius 1 is 1.25 bits per heavy atom. The number of fused-ring (bicyclic) bond motifs is 4. The number of rotatable bonds is 6. The average molecular weight is 429 g/mol. The highest BCUT2D eigenvalue weighted by Gasteiger charge is 2.42. The quantitative estimate of drug-likeness (QED) is 0.466. The standard InChI is InChI=1S/C27H28N2O3/c1-3-17-16-29-12-11-19(17)13-25(29)27(31)22-15-24(26(30)18-7-5-4-6-8-18)28-23-10-9-20(32-2)14-21(22)23/h3-10,14-15,17,19,25,27,31H,1,11-13,16H2,2H3/t17-,19?,25-,27+/m0/s1. The number of aliphatic hydroxyl groups is 1. The summed E-state index contributed by atoms with van der Waals surface area (Å²) in [5, 5.41) is 12.4. The Hall–Kier alpha value is -3.02. The van der Waals surface area contributed by atoms with Crippen LogP contribution in [-0.2, 0) is 0 Å². The first-order valence-corrected chi connectivity index (χ1v) is 11.2. The molecule has 0 radical (unpaired) electrons. The van der Waals surface area contributed by atoms with Crippen molar-refractivity contribution in [3.05, 3.63) is 84.1 Å². The van der Waals surface area contributed by atoms with E-state index in [0.717, 1.165) is 36.9 Å². The Morgan fingerprint density at radius 3 is 2.75 bits per heavy atom. The van der Waals surface area contributed by atoms with Gasteiger partial charge in [-0.1, -0.05) is 36.4 Å². The van der Waals surface area contributed by atoms with E-state index in [1.165, 1.54) is 0 Å². The molecule has 1 aromatic heterocycles. The Bertz CT molecular complexity index is 1160. The number of pyridine rings is 1. The fourth-order valence-corrected chi connectivity index (χ4v) is 5.37. The van der Waals surface area contributed by atoms with E-state index in [-0.39, 0.29) is 11.8 Å². The van der Waals surface area contributed by atoms with Crippen molar-refractivity contribution in [3.8, 4) is 5.75 Å². The van der Waals surface area contributed by atoms with Gasteiger partial charge in [0.25, 0.3) is 0 Å². The van der Waals surface area contributed by atoms with Crippen LogP contribution in [0.15, 0.2) is 67.3 Å². The van der Waals surface area contributed by atoms with Gasteiger partial charge in [-0.15, -0.1) is 6.58 Å². The number of piperidine rings is 3. The lowest BCUT2D eigenvalue weighted by molar-refractivity contribution is -0.0445. The Kier molecular flexibility index (Phi) is 5.53. The second kappa shape index (κ2) is 8.49. The van der Waals surface area contributed by atoms with Crippen molar-refractivity contribution in [2.45, 2.75) is 25.0 Å². The van der Waals surface area contributed by atoms with E-state index in [2.05, 4.69) is 22.5 Å². The van der Waals surface area contributed by atoms with Crippen LogP contribution in [0, 0.1) is 11.8 Å². The SMILES string of the molecule is C=C[C@H]1CN2CCC1C[C@H]2[C@H](O)c1cc(C(=O)c2ccccc2)nc2ccc(OC)cc12. The number of ether oxygens (including phenoxy) is 1. The highest BCUT2D eigenvalue weighted by atomic mass is 16.5. The molecule has 2 bridgehead atoms. The van der Waals surface area contributed by atoms with E-state index < -0.39 is 6.10 Å². The summed E-state index contributed by atoms with van der Waals surface area (Å²) in [4.78, 5) is 20.2. The summed E-state index contributed by atoms with van der Waals surface area (Å²) in [7, 11) is 1.62. The summed E-state index contributed by atoms with van der Waals surface area (Å²) in [5.74, 6) is 1.59. The zero-order valence-electron chi connectivity index (χ0n) is 18.3. The molecule has 5 atom stereocenters. The maximum absolute atomic E-state index is 13.2. The number of carbonyl (C=O) groups is 1. The molecule has 3 fully saturated rings. The zero-order valence-corrected chi connectivity index (χ0v) is 18.3. The molecule has 0 spiro atoms. The molecule has 3 aromatic rings. The second-order valence-corrected chi connectivity index (χ2v) is 8.87. The third-order valence-electron chi connectivity index (χ3n) is 7.15. The van der Waals surface area contributed by atoms with E-state index in [0.29, 0.717) is 34.4 Å². The van der Waals surface area contributed by atoms with Crippen molar-refractivity contribution in [1.29, 1.82) is 0 Å². The van der Waals surface area contributed by atoms with Gasteiger partial charge in [0.1, 0.15) is 11.4 Å². The number of methoxy groups -OCH3 is 1. The molecular formula is C27H28N2O3. The van der Waals surface area contributed by atoms with E-state index >= 15 is 0 Å². The van der Waals surface area contributed by atoms with Crippen LogP contribution >= 0.6 is 0 Å². The smallest absolute Gasteiger partial charge is 0.211 e. The van der Waals surface area contributed by atoms with Gasteiger partial charge in [-0.3, -0.25) is 9.69 Å². The van der Waals surface area contributed by atoms with Crippen molar-refractivity contribution in [3.63, 3.8) is 0 Å². The van der Waals surface area contributed by atoms with Crippen molar-refractivity contribution in [2.75, 3.05) is 20.2 Å². The van der Waals surface area contributed by atoms with Crippen molar-refractivity contribution >= 4 is 16.7 Å². The molecule has 3 aliphatic rings. The molecule has 3 saturated heterocycles. The number of benzene rings is 2.